The Morgan fingerprint density at radius 3 is 2.00 bits per heavy atom. The molecule has 2 aliphatic rings. The van der Waals surface area contributed by atoms with Gasteiger partial charge in [-0.3, -0.25) is 4.79 Å². The molecule has 0 heterocycles. The number of carbonyl (C=O) groups excluding carboxylic acids is 1. The monoisotopic (exact) mass is 684 g/mol. The van der Waals surface area contributed by atoms with E-state index >= 15 is 0 Å². The minimum Gasteiger partial charge on any atom is -0.871 e. The van der Waals surface area contributed by atoms with Crippen LogP contribution in [0.5, 0.6) is 0 Å². The maximum atomic E-state index is 13.6. The lowest BCUT2D eigenvalue weighted by Gasteiger charge is -2.37. The molecule has 51 heavy (non-hydrogen) atoms. The third kappa shape index (κ3) is 8.05. The zero-order valence-electron chi connectivity index (χ0n) is 32.2. The fourth-order valence-corrected chi connectivity index (χ4v) is 7.68. The standard InChI is InChI=1S/C46H56N2O3/c1-10-13-14-35(11-2)29-47(40-25-15-30(4)27-32(40)6)38-21-17-36(18-22-38)43-45(49)44(46(43)50)37-19-23-39(24-20-37)48(34(8)42(12-3)51-9)41-26-16-31(5)28-33(41)7/h15-28,34-35,42H,10-14,29H2,1-9H3. The molecule has 0 aliphatic heterocycles. The molecular weight excluding hydrogens is 629 g/mol. The fraction of sp³-hybridized carbons (Fsp3) is 0.391. The van der Waals surface area contributed by atoms with Crippen LogP contribution in [0, 0.1) is 33.6 Å². The molecule has 5 nitrogen and oxygen atoms in total. The summed E-state index contributed by atoms with van der Waals surface area (Å²) in [5.74, 6) is 0.187. The van der Waals surface area contributed by atoms with Gasteiger partial charge < -0.3 is 14.7 Å². The number of rotatable bonds is 14. The fourth-order valence-electron chi connectivity index (χ4n) is 7.68. The van der Waals surface area contributed by atoms with Crippen molar-refractivity contribution in [3.05, 3.63) is 130 Å². The van der Waals surface area contributed by atoms with Crippen molar-refractivity contribution in [2.75, 3.05) is 18.6 Å². The molecule has 0 aromatic heterocycles. The van der Waals surface area contributed by atoms with Crippen LogP contribution < -0.4 is 10.0 Å². The molecule has 0 bridgehead atoms. The van der Waals surface area contributed by atoms with Crippen LogP contribution in [0.1, 0.15) is 87.6 Å². The molecule has 2 aliphatic carbocycles. The van der Waals surface area contributed by atoms with Crippen molar-refractivity contribution in [3.63, 3.8) is 0 Å². The van der Waals surface area contributed by atoms with Gasteiger partial charge in [-0.05, 0) is 107 Å². The third-order valence-corrected chi connectivity index (χ3v) is 10.7. The van der Waals surface area contributed by atoms with Crippen LogP contribution in [0.15, 0.2) is 102 Å². The van der Waals surface area contributed by atoms with Gasteiger partial charge in [0.2, 0.25) is 11.4 Å². The molecule has 268 valence electrons. The molecule has 0 N–H and O–H groups in total. The number of ether oxygens (including phenoxy) is 1. The molecule has 0 radical (unpaired) electrons. The number of anilines is 2. The number of unbranched alkanes of at least 4 members (excludes halogenated alkanes) is 1. The lowest BCUT2D eigenvalue weighted by Crippen LogP contribution is -2.39. The molecule has 3 aromatic carbocycles. The molecule has 3 aromatic rings. The van der Waals surface area contributed by atoms with Gasteiger partial charge in [0.25, 0.3) is 0 Å². The van der Waals surface area contributed by atoms with E-state index in [4.69, 9.17) is 4.74 Å². The van der Waals surface area contributed by atoms with Crippen LogP contribution in [0.25, 0.3) is 5.57 Å². The highest BCUT2D eigenvalue weighted by Gasteiger charge is 2.32. The zero-order valence-corrected chi connectivity index (χ0v) is 32.2. The van der Waals surface area contributed by atoms with Crippen LogP contribution in [0.3, 0.4) is 0 Å². The maximum absolute atomic E-state index is 13.6. The molecular formula is C46H56N2O3. The lowest BCUT2D eigenvalue weighted by molar-refractivity contribution is -0.449. The number of methoxy groups -OCH3 is 1. The second kappa shape index (κ2) is 16.7. The largest absolute Gasteiger partial charge is 0.871 e. The van der Waals surface area contributed by atoms with E-state index in [1.807, 2.05) is 36.4 Å². The summed E-state index contributed by atoms with van der Waals surface area (Å²) in [5.41, 5.74) is 11.1. The minimum atomic E-state index is -0.192. The summed E-state index contributed by atoms with van der Waals surface area (Å²) in [6.45, 7) is 18.3. The van der Waals surface area contributed by atoms with E-state index in [0.717, 1.165) is 36.5 Å². The van der Waals surface area contributed by atoms with Crippen LogP contribution in [0.4, 0.5) is 17.1 Å². The summed E-state index contributed by atoms with van der Waals surface area (Å²) in [5, 5.41) is 13.6. The average Bonchev–Trinajstić information content (AvgIpc) is 3.11. The van der Waals surface area contributed by atoms with Gasteiger partial charge in [0.15, 0.2) is 12.3 Å². The Morgan fingerprint density at radius 1 is 0.804 bits per heavy atom. The van der Waals surface area contributed by atoms with E-state index in [1.165, 1.54) is 47.2 Å². The second-order valence-corrected chi connectivity index (χ2v) is 14.4. The number of hydrogen-bond acceptors (Lipinski definition) is 4. The molecule has 3 atom stereocenters. The number of aryl methyl sites for hydroxylation is 4. The van der Waals surface area contributed by atoms with Gasteiger partial charge in [-0.2, -0.15) is 4.58 Å². The Kier molecular flexibility index (Phi) is 12.4. The number of benzene rings is 3. The smallest absolute Gasteiger partial charge is 0.208 e. The number of carbonyl (C=O) groups is 1. The van der Waals surface area contributed by atoms with Crippen molar-refractivity contribution < 1.29 is 19.2 Å². The van der Waals surface area contributed by atoms with Gasteiger partial charge >= 0.3 is 0 Å². The molecule has 0 saturated heterocycles. The first kappa shape index (κ1) is 37.8. The topological polar surface area (TPSA) is 55.6 Å². The Labute approximate surface area is 306 Å². The highest BCUT2D eigenvalue weighted by atomic mass is 16.5. The normalized spacial score (nSPS) is 16.0. The van der Waals surface area contributed by atoms with Gasteiger partial charge in [0, 0.05) is 59.3 Å². The second-order valence-electron chi connectivity index (χ2n) is 14.4. The molecule has 3 unspecified atom stereocenters. The van der Waals surface area contributed by atoms with Crippen LogP contribution in [-0.4, -0.2) is 41.9 Å². The predicted molar refractivity (Wildman–Crippen MR) is 211 cm³/mol. The van der Waals surface area contributed by atoms with Gasteiger partial charge in [0.05, 0.1) is 12.1 Å². The van der Waals surface area contributed by atoms with Crippen molar-refractivity contribution in [2.45, 2.75) is 99.6 Å². The van der Waals surface area contributed by atoms with Gasteiger partial charge in [-0.15, -0.1) is 0 Å². The SMILES string of the molecule is CCCCC(CC)C[N+](=C1C=CC(=C2C(=O)C(c3ccc(N(c4ccc(C)cc4C)C(C)C(CC)OC)cc3)=C2[O-])C=C1)c1ccc(C)cc1C. The summed E-state index contributed by atoms with van der Waals surface area (Å²) < 4.78 is 8.28. The third-order valence-electron chi connectivity index (χ3n) is 10.7. The van der Waals surface area contributed by atoms with Gasteiger partial charge in [-0.25, -0.2) is 0 Å². The summed E-state index contributed by atoms with van der Waals surface area (Å²) in [6, 6.07) is 21.0. The lowest BCUT2D eigenvalue weighted by atomic mass is 9.80. The summed E-state index contributed by atoms with van der Waals surface area (Å²) in [6.07, 6.45) is 13.6. The summed E-state index contributed by atoms with van der Waals surface area (Å²) >= 11 is 0. The van der Waals surface area contributed by atoms with Crippen LogP contribution in [0.2, 0.25) is 0 Å². The molecule has 0 saturated carbocycles. The highest BCUT2D eigenvalue weighted by Crippen LogP contribution is 2.39. The zero-order chi connectivity index (χ0) is 36.8. The van der Waals surface area contributed by atoms with E-state index < -0.39 is 0 Å². The first-order chi connectivity index (χ1) is 24.5. The molecule has 0 fully saturated rings. The molecule has 5 heteroatoms. The van der Waals surface area contributed by atoms with Gasteiger partial charge in [0.1, 0.15) is 0 Å². The van der Waals surface area contributed by atoms with Crippen molar-refractivity contribution in [1.29, 1.82) is 0 Å². The van der Waals surface area contributed by atoms with Crippen molar-refractivity contribution in [2.24, 2.45) is 5.92 Å². The van der Waals surface area contributed by atoms with E-state index in [1.54, 1.807) is 7.11 Å². The predicted octanol–water partition coefficient (Wildman–Crippen LogP) is 9.95. The van der Waals surface area contributed by atoms with E-state index in [0.29, 0.717) is 17.1 Å². The maximum Gasteiger partial charge on any atom is 0.208 e. The quantitative estimate of drug-likeness (QED) is 0.125. The van der Waals surface area contributed by atoms with E-state index in [9.17, 15) is 9.90 Å². The number of hydrogen-bond donors (Lipinski definition) is 0. The highest BCUT2D eigenvalue weighted by molar-refractivity contribution is 6.39. The molecule has 0 spiro atoms. The van der Waals surface area contributed by atoms with Crippen molar-refractivity contribution >= 4 is 34.1 Å². The Bertz CT molecular complexity index is 1880. The number of allylic oxidation sites excluding steroid dienone is 7. The van der Waals surface area contributed by atoms with Crippen molar-refractivity contribution in [1.82, 2.24) is 0 Å². The first-order valence-corrected chi connectivity index (χ1v) is 18.8. The molecule has 0 amide bonds. The first-order valence-electron chi connectivity index (χ1n) is 18.8. The van der Waals surface area contributed by atoms with E-state index in [-0.39, 0.29) is 34.8 Å². The number of ketones is 1. The number of nitrogens with zero attached hydrogens (tertiary/aromatic N) is 2. The molecule has 5 rings (SSSR count). The summed E-state index contributed by atoms with van der Waals surface area (Å²) in [7, 11) is 1.76. The minimum absolute atomic E-state index is 0.0280. The Hall–Kier alpha value is -4.48. The van der Waals surface area contributed by atoms with Crippen LogP contribution in [-0.2, 0) is 9.53 Å². The number of Topliss-reactive ketones (excluding diaryl/α,β-unsaturated/α-hetero) is 1. The van der Waals surface area contributed by atoms with Crippen molar-refractivity contribution in [3.8, 4) is 0 Å². The Morgan fingerprint density at radius 2 is 1.45 bits per heavy atom. The van der Waals surface area contributed by atoms with Crippen LogP contribution >= 0.6 is 0 Å². The Balaban J connectivity index is 1.46. The van der Waals surface area contributed by atoms with E-state index in [2.05, 4.69) is 113 Å². The summed E-state index contributed by atoms with van der Waals surface area (Å²) in [4.78, 5) is 15.9. The van der Waals surface area contributed by atoms with Gasteiger partial charge in [-0.1, -0.05) is 80.8 Å². The average molecular weight is 685 g/mol.